The van der Waals surface area contributed by atoms with E-state index in [0.29, 0.717) is 6.16 Å². The van der Waals surface area contributed by atoms with Crippen LogP contribution in [0, 0.1) is 0 Å². The maximum Gasteiger partial charge on any atom is 0.118 e. The van der Waals surface area contributed by atoms with Gasteiger partial charge in [-0.05, 0) is 17.7 Å². The lowest BCUT2D eigenvalue weighted by Gasteiger charge is -1.99. The van der Waals surface area contributed by atoms with Gasteiger partial charge >= 0.3 is 0 Å². The number of hydrogen-bond acceptors (Lipinski definition) is 2. The molecule has 0 aliphatic heterocycles. The van der Waals surface area contributed by atoms with Crippen LogP contribution in [-0.2, 0) is 10.7 Å². The molecule has 1 aromatic rings. The number of benzene rings is 1. The van der Waals surface area contributed by atoms with Gasteiger partial charge in [0.05, 0.1) is 15.6 Å². The third kappa shape index (κ3) is 2.39. The van der Waals surface area contributed by atoms with Crippen LogP contribution in [0.15, 0.2) is 24.3 Å². The van der Waals surface area contributed by atoms with Crippen molar-refractivity contribution in [2.24, 2.45) is 0 Å². The molecule has 0 radical (unpaired) electrons. The van der Waals surface area contributed by atoms with Crippen LogP contribution in [0.3, 0.4) is 0 Å². The van der Waals surface area contributed by atoms with E-state index in [2.05, 4.69) is 0 Å². The number of rotatable bonds is 3. The van der Waals surface area contributed by atoms with Gasteiger partial charge in [-0.3, -0.25) is 0 Å². The van der Waals surface area contributed by atoms with Crippen molar-refractivity contribution in [2.75, 3.05) is 7.11 Å². The van der Waals surface area contributed by atoms with Gasteiger partial charge < -0.3 is 9.30 Å². The van der Waals surface area contributed by atoms with E-state index >= 15 is 0 Å². The van der Waals surface area contributed by atoms with Crippen molar-refractivity contribution in [3.63, 3.8) is 0 Å². The zero-order valence-electron chi connectivity index (χ0n) is 6.41. The lowest BCUT2D eigenvalue weighted by atomic mass is 10.2. The monoisotopic (exact) mass is 170 g/mol. The van der Waals surface area contributed by atoms with Gasteiger partial charge in [-0.1, -0.05) is 12.1 Å². The maximum absolute atomic E-state index is 10.3. The fraction of sp³-hybridized carbons (Fsp3) is 0.250. The van der Waals surface area contributed by atoms with Crippen LogP contribution in [0.1, 0.15) is 5.56 Å². The first kappa shape index (κ1) is 8.35. The highest BCUT2D eigenvalue weighted by Gasteiger charge is 1.91. The summed E-state index contributed by atoms with van der Waals surface area (Å²) in [5, 5.41) is 0. The second kappa shape index (κ2) is 4.20. The number of methoxy groups -OCH3 is 1. The average molecular weight is 170 g/mol. The summed E-state index contributed by atoms with van der Waals surface area (Å²) < 4.78 is 15.3. The van der Waals surface area contributed by atoms with Crippen molar-refractivity contribution in [3.8, 4) is 5.75 Å². The van der Waals surface area contributed by atoms with Crippen LogP contribution in [0.4, 0.5) is 0 Å². The molecule has 0 saturated carbocycles. The molecule has 0 heterocycles. The zero-order chi connectivity index (χ0) is 8.10. The molecule has 0 fully saturated rings. The van der Waals surface area contributed by atoms with Crippen molar-refractivity contribution >= 4 is 8.46 Å². The summed E-state index contributed by atoms with van der Waals surface area (Å²) in [6, 6.07) is 7.63. The summed E-state index contributed by atoms with van der Waals surface area (Å²) in [6.45, 7) is 0. The van der Waals surface area contributed by atoms with E-state index in [-0.39, 0.29) is 0 Å². The molecule has 0 spiro atoms. The van der Waals surface area contributed by atoms with Crippen LogP contribution >= 0.6 is 8.46 Å². The van der Waals surface area contributed by atoms with Crippen molar-refractivity contribution in [3.05, 3.63) is 29.8 Å². The third-order valence-corrected chi connectivity index (χ3v) is 2.12. The Morgan fingerprint density at radius 2 is 2.00 bits per heavy atom. The highest BCUT2D eigenvalue weighted by Crippen LogP contribution is 2.14. The molecule has 0 bridgehead atoms. The first-order chi connectivity index (χ1) is 5.36. The Labute approximate surface area is 67.4 Å². The Balaban J connectivity index is 2.74. The first-order valence-corrected chi connectivity index (χ1v) is 4.72. The molecule has 0 amide bonds. The van der Waals surface area contributed by atoms with E-state index in [4.69, 9.17) is 4.74 Å². The Hall–Kier alpha value is -0.750. The molecule has 0 aromatic heterocycles. The predicted molar refractivity (Wildman–Crippen MR) is 47.1 cm³/mol. The van der Waals surface area contributed by atoms with E-state index in [1.807, 2.05) is 24.3 Å². The molecule has 0 aliphatic rings. The molecular weight excluding hydrogens is 159 g/mol. The quantitative estimate of drug-likeness (QED) is 0.648. The average Bonchev–Trinajstić information content (AvgIpc) is 2.07. The van der Waals surface area contributed by atoms with E-state index < -0.39 is 8.46 Å². The van der Waals surface area contributed by atoms with Crippen molar-refractivity contribution < 1.29 is 9.30 Å². The zero-order valence-corrected chi connectivity index (χ0v) is 7.57. The third-order valence-electron chi connectivity index (χ3n) is 1.48. The van der Waals surface area contributed by atoms with E-state index in [1.165, 1.54) is 0 Å². The second-order valence-electron chi connectivity index (χ2n) is 2.22. The molecule has 1 aromatic carbocycles. The van der Waals surface area contributed by atoms with Gasteiger partial charge in [-0.25, -0.2) is 0 Å². The summed E-state index contributed by atoms with van der Waals surface area (Å²) in [5.41, 5.74) is 1.11. The van der Waals surface area contributed by atoms with Crippen LogP contribution in [0.2, 0.25) is 0 Å². The smallest absolute Gasteiger partial charge is 0.118 e. The number of hydrogen-bond donors (Lipinski definition) is 0. The van der Waals surface area contributed by atoms with Crippen LogP contribution in [0.5, 0.6) is 5.75 Å². The topological polar surface area (TPSA) is 26.3 Å². The normalized spacial score (nSPS) is 10.6. The lowest BCUT2D eigenvalue weighted by Crippen LogP contribution is -1.82. The summed E-state index contributed by atoms with van der Waals surface area (Å²) in [6.07, 6.45) is 0.685. The SMILES string of the molecule is COc1ccc(C[PH2]=O)cc1. The minimum Gasteiger partial charge on any atom is -0.497 e. The van der Waals surface area contributed by atoms with Gasteiger partial charge in [0.15, 0.2) is 0 Å². The molecule has 0 N–H and O–H groups in total. The summed E-state index contributed by atoms with van der Waals surface area (Å²) in [7, 11) is 0.957. The minimum absolute atomic E-state index is 0.676. The maximum atomic E-state index is 10.3. The van der Waals surface area contributed by atoms with Gasteiger partial charge in [-0.2, -0.15) is 0 Å². The van der Waals surface area contributed by atoms with Crippen molar-refractivity contribution in [1.29, 1.82) is 0 Å². The van der Waals surface area contributed by atoms with E-state index in [0.717, 1.165) is 11.3 Å². The number of ether oxygens (including phenoxy) is 1. The fourth-order valence-corrected chi connectivity index (χ4v) is 1.32. The van der Waals surface area contributed by atoms with Crippen molar-refractivity contribution in [1.82, 2.24) is 0 Å². The van der Waals surface area contributed by atoms with Crippen LogP contribution in [0.25, 0.3) is 0 Å². The molecule has 0 saturated heterocycles. The first-order valence-electron chi connectivity index (χ1n) is 3.43. The highest BCUT2D eigenvalue weighted by molar-refractivity contribution is 7.22. The molecule has 1 unspecified atom stereocenters. The molecule has 60 valence electrons. The highest BCUT2D eigenvalue weighted by atomic mass is 31.1. The fourth-order valence-electron chi connectivity index (χ4n) is 0.858. The van der Waals surface area contributed by atoms with Gasteiger partial charge in [0, 0.05) is 6.16 Å². The molecule has 11 heavy (non-hydrogen) atoms. The largest absolute Gasteiger partial charge is 0.497 e. The standard InChI is InChI=1S/C8H11O2P/c1-10-8-4-2-7(3-5-8)6-11-9/h2-5H,6,11H2,1H3. The summed E-state index contributed by atoms with van der Waals surface area (Å²) >= 11 is 0. The van der Waals surface area contributed by atoms with Gasteiger partial charge in [0.1, 0.15) is 5.75 Å². The molecule has 0 aliphatic carbocycles. The van der Waals surface area contributed by atoms with Gasteiger partial charge in [-0.15, -0.1) is 0 Å². The van der Waals surface area contributed by atoms with Gasteiger partial charge in [0.25, 0.3) is 0 Å². The minimum atomic E-state index is -0.676. The summed E-state index contributed by atoms with van der Waals surface area (Å²) in [5.74, 6) is 0.842. The molecule has 1 rings (SSSR count). The Kier molecular flexibility index (Phi) is 3.18. The van der Waals surface area contributed by atoms with Crippen molar-refractivity contribution in [2.45, 2.75) is 6.16 Å². The molecule has 2 nitrogen and oxygen atoms in total. The molecular formula is C8H11O2P. The Morgan fingerprint density at radius 1 is 1.36 bits per heavy atom. The Bertz CT molecular complexity index is 230. The van der Waals surface area contributed by atoms with E-state index in [9.17, 15) is 4.57 Å². The second-order valence-corrected chi connectivity index (χ2v) is 2.96. The van der Waals surface area contributed by atoms with E-state index in [1.54, 1.807) is 7.11 Å². The molecule has 1 atom stereocenters. The predicted octanol–water partition coefficient (Wildman–Crippen LogP) is 1.95. The summed E-state index contributed by atoms with van der Waals surface area (Å²) in [4.78, 5) is 0. The molecule has 3 heteroatoms. The van der Waals surface area contributed by atoms with Crippen LogP contribution in [-0.4, -0.2) is 7.11 Å². The van der Waals surface area contributed by atoms with Crippen LogP contribution < -0.4 is 4.74 Å². The Morgan fingerprint density at radius 3 is 2.45 bits per heavy atom. The van der Waals surface area contributed by atoms with Gasteiger partial charge in [0.2, 0.25) is 0 Å². The lowest BCUT2D eigenvalue weighted by molar-refractivity contribution is 0.414.